The summed E-state index contributed by atoms with van der Waals surface area (Å²) in [5, 5.41) is 0. The van der Waals surface area contributed by atoms with Crippen molar-refractivity contribution in [3.8, 4) is 0 Å². The van der Waals surface area contributed by atoms with Gasteiger partial charge in [-0.25, -0.2) is 0 Å². The van der Waals surface area contributed by atoms with Crippen LogP contribution < -0.4 is 5.73 Å². The van der Waals surface area contributed by atoms with Crippen LogP contribution in [-0.2, 0) is 4.74 Å². The zero-order chi connectivity index (χ0) is 14.9. The van der Waals surface area contributed by atoms with E-state index in [2.05, 4.69) is 49.1 Å². The van der Waals surface area contributed by atoms with Crippen LogP contribution in [0.4, 0.5) is 0 Å². The molecule has 21 heavy (non-hydrogen) atoms. The van der Waals surface area contributed by atoms with E-state index in [4.69, 9.17) is 10.5 Å². The van der Waals surface area contributed by atoms with Gasteiger partial charge in [-0.3, -0.25) is 4.90 Å². The van der Waals surface area contributed by atoms with E-state index in [1.165, 1.54) is 12.0 Å². The zero-order valence-electron chi connectivity index (χ0n) is 13.3. The second-order valence-electron chi connectivity index (χ2n) is 6.75. The van der Waals surface area contributed by atoms with Crippen LogP contribution in [0.3, 0.4) is 0 Å². The molecule has 1 aromatic rings. The molecule has 1 aliphatic carbocycles. The van der Waals surface area contributed by atoms with E-state index in [0.717, 1.165) is 32.7 Å². The zero-order valence-corrected chi connectivity index (χ0v) is 13.3. The van der Waals surface area contributed by atoms with Crippen molar-refractivity contribution < 1.29 is 4.74 Å². The molecule has 2 fully saturated rings. The van der Waals surface area contributed by atoms with E-state index in [1.54, 1.807) is 0 Å². The summed E-state index contributed by atoms with van der Waals surface area (Å²) in [6, 6.07) is 11.1. The van der Waals surface area contributed by atoms with Crippen LogP contribution in [0.25, 0.3) is 0 Å². The molecular formula is C18H28N2O. The van der Waals surface area contributed by atoms with Crippen molar-refractivity contribution in [2.75, 3.05) is 26.3 Å². The minimum Gasteiger partial charge on any atom is -0.379 e. The van der Waals surface area contributed by atoms with Gasteiger partial charge >= 0.3 is 0 Å². The molecule has 1 aromatic carbocycles. The van der Waals surface area contributed by atoms with Gasteiger partial charge in [-0.1, -0.05) is 37.3 Å². The highest BCUT2D eigenvalue weighted by Crippen LogP contribution is 2.52. The van der Waals surface area contributed by atoms with Gasteiger partial charge in [-0.05, 0) is 37.2 Å². The molecule has 116 valence electrons. The van der Waals surface area contributed by atoms with Gasteiger partial charge in [0.2, 0.25) is 0 Å². The number of morpholine rings is 1. The van der Waals surface area contributed by atoms with Gasteiger partial charge in [0.25, 0.3) is 0 Å². The number of hydrogen-bond acceptors (Lipinski definition) is 3. The van der Waals surface area contributed by atoms with Crippen LogP contribution in [0.15, 0.2) is 30.3 Å². The highest BCUT2D eigenvalue weighted by molar-refractivity contribution is 5.27. The Labute approximate surface area is 128 Å². The SMILES string of the molecule is CCC(C)(C(N)C1CC1c1ccccc1)N1CCOCC1. The van der Waals surface area contributed by atoms with Crippen LogP contribution in [-0.4, -0.2) is 42.8 Å². The van der Waals surface area contributed by atoms with E-state index >= 15 is 0 Å². The number of hydrogen-bond donors (Lipinski definition) is 1. The minimum absolute atomic E-state index is 0.0952. The van der Waals surface area contributed by atoms with Crippen molar-refractivity contribution in [1.29, 1.82) is 0 Å². The Morgan fingerprint density at radius 2 is 1.95 bits per heavy atom. The summed E-state index contributed by atoms with van der Waals surface area (Å²) in [6.07, 6.45) is 2.34. The van der Waals surface area contributed by atoms with E-state index in [0.29, 0.717) is 11.8 Å². The first-order chi connectivity index (χ1) is 10.2. The van der Waals surface area contributed by atoms with Crippen molar-refractivity contribution in [2.45, 2.75) is 44.2 Å². The Kier molecular flexibility index (Phi) is 4.34. The fourth-order valence-corrected chi connectivity index (χ4v) is 3.90. The maximum Gasteiger partial charge on any atom is 0.0594 e. The van der Waals surface area contributed by atoms with Gasteiger partial charge in [0.15, 0.2) is 0 Å². The molecule has 0 amide bonds. The van der Waals surface area contributed by atoms with E-state index in [9.17, 15) is 0 Å². The average Bonchev–Trinajstić information content (AvgIpc) is 3.35. The predicted molar refractivity (Wildman–Crippen MR) is 86.4 cm³/mol. The van der Waals surface area contributed by atoms with Crippen molar-refractivity contribution in [2.24, 2.45) is 11.7 Å². The number of nitrogens with two attached hydrogens (primary N) is 1. The Morgan fingerprint density at radius 3 is 2.57 bits per heavy atom. The molecule has 0 bridgehead atoms. The first kappa shape index (κ1) is 15.0. The lowest BCUT2D eigenvalue weighted by atomic mass is 9.83. The van der Waals surface area contributed by atoms with Gasteiger partial charge in [-0.2, -0.15) is 0 Å². The molecule has 0 aromatic heterocycles. The molecule has 3 nitrogen and oxygen atoms in total. The predicted octanol–water partition coefficient (Wildman–Crippen LogP) is 2.62. The van der Waals surface area contributed by atoms with Gasteiger partial charge < -0.3 is 10.5 Å². The summed E-state index contributed by atoms with van der Waals surface area (Å²) in [7, 11) is 0. The van der Waals surface area contributed by atoms with Crippen LogP contribution in [0.1, 0.15) is 38.2 Å². The third-order valence-corrected chi connectivity index (χ3v) is 5.70. The number of nitrogens with zero attached hydrogens (tertiary/aromatic N) is 1. The summed E-state index contributed by atoms with van der Waals surface area (Å²) >= 11 is 0. The second kappa shape index (κ2) is 6.07. The first-order valence-electron chi connectivity index (χ1n) is 8.30. The van der Waals surface area contributed by atoms with E-state index in [-0.39, 0.29) is 11.6 Å². The molecule has 2 aliphatic rings. The molecule has 1 aliphatic heterocycles. The third kappa shape index (κ3) is 2.87. The molecule has 1 heterocycles. The second-order valence-corrected chi connectivity index (χ2v) is 6.75. The van der Waals surface area contributed by atoms with Gasteiger partial charge in [-0.15, -0.1) is 0 Å². The lowest BCUT2D eigenvalue weighted by Crippen LogP contribution is -2.61. The Hall–Kier alpha value is -0.900. The Morgan fingerprint density at radius 1 is 1.29 bits per heavy atom. The standard InChI is InChI=1S/C18H28N2O/c1-3-18(2,20-9-11-21-12-10-20)17(19)16-13-15(16)14-7-5-4-6-8-14/h4-8,15-17H,3,9-13,19H2,1-2H3. The summed E-state index contributed by atoms with van der Waals surface area (Å²) in [5.41, 5.74) is 8.30. The van der Waals surface area contributed by atoms with Crippen molar-refractivity contribution >= 4 is 0 Å². The third-order valence-electron chi connectivity index (χ3n) is 5.70. The molecule has 0 radical (unpaired) electrons. The van der Waals surface area contributed by atoms with Gasteiger partial charge in [0, 0.05) is 24.7 Å². The van der Waals surface area contributed by atoms with Gasteiger partial charge in [0.1, 0.15) is 0 Å². The molecule has 4 atom stereocenters. The Balaban J connectivity index is 1.70. The highest BCUT2D eigenvalue weighted by atomic mass is 16.5. The van der Waals surface area contributed by atoms with E-state index in [1.807, 2.05) is 0 Å². The lowest BCUT2D eigenvalue weighted by molar-refractivity contribution is -0.0301. The molecule has 1 saturated heterocycles. The molecular weight excluding hydrogens is 260 g/mol. The molecule has 3 heteroatoms. The molecule has 3 rings (SSSR count). The number of ether oxygens (including phenoxy) is 1. The maximum absolute atomic E-state index is 6.74. The number of rotatable bonds is 5. The minimum atomic E-state index is 0.0952. The molecule has 2 N–H and O–H groups in total. The van der Waals surface area contributed by atoms with Crippen LogP contribution in [0.5, 0.6) is 0 Å². The van der Waals surface area contributed by atoms with Crippen LogP contribution >= 0.6 is 0 Å². The molecule has 0 spiro atoms. The smallest absolute Gasteiger partial charge is 0.0594 e. The quantitative estimate of drug-likeness (QED) is 0.905. The van der Waals surface area contributed by atoms with Crippen molar-refractivity contribution in [1.82, 2.24) is 4.90 Å². The average molecular weight is 288 g/mol. The highest BCUT2D eigenvalue weighted by Gasteiger charge is 2.50. The monoisotopic (exact) mass is 288 g/mol. The molecule has 1 saturated carbocycles. The Bertz CT molecular complexity index is 458. The summed E-state index contributed by atoms with van der Waals surface area (Å²) < 4.78 is 5.50. The largest absolute Gasteiger partial charge is 0.379 e. The van der Waals surface area contributed by atoms with Crippen molar-refractivity contribution in [3.63, 3.8) is 0 Å². The maximum atomic E-state index is 6.74. The van der Waals surface area contributed by atoms with Crippen molar-refractivity contribution in [3.05, 3.63) is 35.9 Å². The fourth-order valence-electron chi connectivity index (χ4n) is 3.90. The molecule has 4 unspecified atom stereocenters. The first-order valence-corrected chi connectivity index (χ1v) is 8.30. The lowest BCUT2D eigenvalue weighted by Gasteiger charge is -2.47. The van der Waals surface area contributed by atoms with Crippen LogP contribution in [0.2, 0.25) is 0 Å². The summed E-state index contributed by atoms with van der Waals surface area (Å²) in [5.74, 6) is 1.29. The normalized spacial score (nSPS) is 30.6. The number of benzene rings is 1. The summed E-state index contributed by atoms with van der Waals surface area (Å²) in [4.78, 5) is 2.56. The van der Waals surface area contributed by atoms with Crippen LogP contribution in [0, 0.1) is 5.92 Å². The fraction of sp³-hybridized carbons (Fsp3) is 0.667. The van der Waals surface area contributed by atoms with Gasteiger partial charge in [0.05, 0.1) is 13.2 Å². The van der Waals surface area contributed by atoms with E-state index < -0.39 is 0 Å². The topological polar surface area (TPSA) is 38.5 Å². The summed E-state index contributed by atoms with van der Waals surface area (Å²) in [6.45, 7) is 8.34.